The van der Waals surface area contributed by atoms with Crippen molar-refractivity contribution < 1.29 is 19.4 Å². The zero-order valence-electron chi connectivity index (χ0n) is 10.9. The second-order valence-electron chi connectivity index (χ2n) is 4.31. The second-order valence-corrected chi connectivity index (χ2v) is 4.31. The number of carboxylic acid groups (broad SMARTS) is 1. The van der Waals surface area contributed by atoms with E-state index in [4.69, 9.17) is 9.84 Å². The van der Waals surface area contributed by atoms with Gasteiger partial charge in [0, 0.05) is 19.2 Å². The number of amides is 2. The molecule has 1 aromatic rings. The number of carbonyl (C=O) groups is 2. The van der Waals surface area contributed by atoms with E-state index in [0.717, 1.165) is 11.1 Å². The topological polar surface area (TPSA) is 70.1 Å². The summed E-state index contributed by atoms with van der Waals surface area (Å²) in [6, 6.07) is 5.48. The van der Waals surface area contributed by atoms with Crippen LogP contribution < -0.4 is 4.90 Å². The van der Waals surface area contributed by atoms with Crippen molar-refractivity contribution in [3.63, 3.8) is 0 Å². The largest absolute Gasteiger partial charge is 0.465 e. The molecular formula is C13H16N2O4. The van der Waals surface area contributed by atoms with Gasteiger partial charge in [0.15, 0.2) is 0 Å². The Hall–Kier alpha value is -2.24. The van der Waals surface area contributed by atoms with Crippen molar-refractivity contribution in [2.24, 2.45) is 0 Å². The van der Waals surface area contributed by atoms with Gasteiger partial charge in [-0.1, -0.05) is 12.1 Å². The van der Waals surface area contributed by atoms with Crippen molar-refractivity contribution in [1.29, 1.82) is 0 Å². The fourth-order valence-corrected chi connectivity index (χ4v) is 2.17. The molecule has 0 aliphatic carbocycles. The van der Waals surface area contributed by atoms with Crippen molar-refractivity contribution in [1.82, 2.24) is 4.90 Å². The number of nitrogens with zero attached hydrogens (tertiary/aromatic N) is 2. The maximum atomic E-state index is 11.7. The molecule has 0 atom stereocenters. The summed E-state index contributed by atoms with van der Waals surface area (Å²) in [5.74, 6) is 0. The minimum Gasteiger partial charge on any atom is -0.465 e. The lowest BCUT2D eigenvalue weighted by atomic mass is 10.1. The van der Waals surface area contributed by atoms with Gasteiger partial charge in [0.2, 0.25) is 0 Å². The molecule has 1 aliphatic heterocycles. The minimum absolute atomic E-state index is 0.296. The average molecular weight is 264 g/mol. The van der Waals surface area contributed by atoms with Crippen molar-refractivity contribution in [3.8, 4) is 0 Å². The Balaban J connectivity index is 2.28. The molecule has 0 saturated heterocycles. The van der Waals surface area contributed by atoms with Crippen LogP contribution in [-0.4, -0.2) is 35.8 Å². The van der Waals surface area contributed by atoms with Gasteiger partial charge >= 0.3 is 12.2 Å². The number of anilines is 1. The first-order valence-electron chi connectivity index (χ1n) is 6.03. The Morgan fingerprint density at radius 2 is 2.16 bits per heavy atom. The minimum atomic E-state index is -0.957. The Morgan fingerprint density at radius 1 is 1.42 bits per heavy atom. The predicted molar refractivity (Wildman–Crippen MR) is 69.1 cm³/mol. The molecule has 0 spiro atoms. The Bertz CT molecular complexity index is 515. The third-order valence-electron chi connectivity index (χ3n) is 3.13. The smallest absolute Gasteiger partial charge is 0.414 e. The summed E-state index contributed by atoms with van der Waals surface area (Å²) in [6.07, 6.45) is -1.40. The maximum Gasteiger partial charge on any atom is 0.414 e. The number of hydrogen-bond donors (Lipinski definition) is 1. The quantitative estimate of drug-likeness (QED) is 0.889. The van der Waals surface area contributed by atoms with E-state index in [-0.39, 0.29) is 0 Å². The van der Waals surface area contributed by atoms with Crippen LogP contribution in [0, 0.1) is 0 Å². The fourth-order valence-electron chi connectivity index (χ4n) is 2.17. The number of ether oxygens (including phenoxy) is 1. The number of benzene rings is 1. The van der Waals surface area contributed by atoms with Gasteiger partial charge in [0.1, 0.15) is 0 Å². The molecule has 2 rings (SSSR count). The lowest BCUT2D eigenvalue weighted by Crippen LogP contribution is -2.28. The van der Waals surface area contributed by atoms with Gasteiger partial charge < -0.3 is 9.84 Å². The van der Waals surface area contributed by atoms with Crippen LogP contribution >= 0.6 is 0 Å². The highest BCUT2D eigenvalue weighted by atomic mass is 16.6. The number of rotatable bonds is 2. The van der Waals surface area contributed by atoms with Gasteiger partial charge in [-0.15, -0.1) is 0 Å². The van der Waals surface area contributed by atoms with Crippen molar-refractivity contribution in [2.75, 3.05) is 18.6 Å². The van der Waals surface area contributed by atoms with Crippen LogP contribution in [0.25, 0.3) is 0 Å². The van der Waals surface area contributed by atoms with E-state index in [1.165, 1.54) is 9.80 Å². The standard InChI is InChI=1S/C13H16N2O4/c1-3-19-13(18)14(2)11-6-4-5-9-7-15(12(16)17)8-10(9)11/h4-6H,3,7-8H2,1-2H3,(H,16,17). The molecule has 1 N–H and O–H groups in total. The average Bonchev–Trinajstić information content (AvgIpc) is 2.82. The highest BCUT2D eigenvalue weighted by molar-refractivity contribution is 5.88. The van der Waals surface area contributed by atoms with E-state index in [1.54, 1.807) is 20.0 Å². The van der Waals surface area contributed by atoms with Crippen LogP contribution in [0.1, 0.15) is 18.1 Å². The fraction of sp³-hybridized carbons (Fsp3) is 0.385. The molecule has 1 aromatic carbocycles. The van der Waals surface area contributed by atoms with E-state index in [2.05, 4.69) is 0 Å². The first-order chi connectivity index (χ1) is 9.04. The molecule has 2 amide bonds. The van der Waals surface area contributed by atoms with E-state index >= 15 is 0 Å². The molecule has 1 heterocycles. The first kappa shape index (κ1) is 13.2. The molecular weight excluding hydrogens is 248 g/mol. The molecule has 0 fully saturated rings. The Labute approximate surface area is 111 Å². The molecule has 0 unspecified atom stereocenters. The molecule has 0 aromatic heterocycles. The highest BCUT2D eigenvalue weighted by Gasteiger charge is 2.27. The SMILES string of the molecule is CCOC(=O)N(C)c1cccc2c1CN(C(=O)O)C2. The molecule has 0 bridgehead atoms. The monoisotopic (exact) mass is 264 g/mol. The summed E-state index contributed by atoms with van der Waals surface area (Å²) in [7, 11) is 1.62. The van der Waals surface area contributed by atoms with Gasteiger partial charge in [-0.25, -0.2) is 9.59 Å². The number of hydrogen-bond acceptors (Lipinski definition) is 3. The zero-order chi connectivity index (χ0) is 14.0. The van der Waals surface area contributed by atoms with E-state index in [1.807, 2.05) is 12.1 Å². The number of fused-ring (bicyclic) bond motifs is 1. The molecule has 0 saturated carbocycles. The van der Waals surface area contributed by atoms with Crippen LogP contribution in [0.4, 0.5) is 15.3 Å². The summed E-state index contributed by atoms with van der Waals surface area (Å²) in [5.41, 5.74) is 2.48. The third kappa shape index (κ3) is 2.47. The third-order valence-corrected chi connectivity index (χ3v) is 3.13. The summed E-state index contributed by atoms with van der Waals surface area (Å²) in [4.78, 5) is 25.5. The van der Waals surface area contributed by atoms with Crippen LogP contribution in [-0.2, 0) is 17.8 Å². The summed E-state index contributed by atoms with van der Waals surface area (Å²) < 4.78 is 4.95. The molecule has 19 heavy (non-hydrogen) atoms. The maximum absolute atomic E-state index is 11.7. The van der Waals surface area contributed by atoms with Crippen LogP contribution in [0.15, 0.2) is 18.2 Å². The van der Waals surface area contributed by atoms with E-state index < -0.39 is 12.2 Å². The van der Waals surface area contributed by atoms with E-state index in [9.17, 15) is 9.59 Å². The molecule has 1 aliphatic rings. The van der Waals surface area contributed by atoms with Gasteiger partial charge in [-0.3, -0.25) is 9.80 Å². The molecule has 102 valence electrons. The normalized spacial score (nSPS) is 13.1. The molecule has 6 nitrogen and oxygen atoms in total. The van der Waals surface area contributed by atoms with Gasteiger partial charge in [0.25, 0.3) is 0 Å². The van der Waals surface area contributed by atoms with Crippen molar-refractivity contribution in [3.05, 3.63) is 29.3 Å². The van der Waals surface area contributed by atoms with Crippen molar-refractivity contribution in [2.45, 2.75) is 20.0 Å². The van der Waals surface area contributed by atoms with Gasteiger partial charge in [-0.05, 0) is 18.6 Å². The number of carbonyl (C=O) groups excluding carboxylic acids is 1. The van der Waals surface area contributed by atoms with Crippen LogP contribution in [0.2, 0.25) is 0 Å². The van der Waals surface area contributed by atoms with Crippen LogP contribution in [0.3, 0.4) is 0 Å². The first-order valence-corrected chi connectivity index (χ1v) is 6.03. The highest BCUT2D eigenvalue weighted by Crippen LogP contribution is 2.31. The Morgan fingerprint density at radius 3 is 2.79 bits per heavy atom. The van der Waals surface area contributed by atoms with Crippen LogP contribution in [0.5, 0.6) is 0 Å². The summed E-state index contributed by atoms with van der Waals surface area (Å²) >= 11 is 0. The lowest BCUT2D eigenvalue weighted by Gasteiger charge is -2.19. The predicted octanol–water partition coefficient (Wildman–Crippen LogP) is 2.27. The van der Waals surface area contributed by atoms with Gasteiger partial charge in [-0.2, -0.15) is 0 Å². The van der Waals surface area contributed by atoms with E-state index in [0.29, 0.717) is 25.4 Å². The molecule has 0 radical (unpaired) electrons. The lowest BCUT2D eigenvalue weighted by molar-refractivity contribution is 0.145. The summed E-state index contributed by atoms with van der Waals surface area (Å²) in [6.45, 7) is 2.70. The van der Waals surface area contributed by atoms with Crippen molar-refractivity contribution >= 4 is 17.9 Å². The summed E-state index contributed by atoms with van der Waals surface area (Å²) in [5, 5.41) is 9.03. The Kier molecular flexibility index (Phi) is 3.59. The van der Waals surface area contributed by atoms with Gasteiger partial charge in [0.05, 0.1) is 18.8 Å². The zero-order valence-corrected chi connectivity index (χ0v) is 10.9. The second kappa shape index (κ2) is 5.17. The molecule has 6 heteroatoms.